The van der Waals surface area contributed by atoms with Crippen LogP contribution in [0.25, 0.3) is 0 Å². The predicted molar refractivity (Wildman–Crippen MR) is 57.5 cm³/mol. The molecule has 1 fully saturated rings. The topological polar surface area (TPSA) is 40.5 Å². The highest BCUT2D eigenvalue weighted by Gasteiger charge is 2.32. The van der Waals surface area contributed by atoms with Gasteiger partial charge in [-0.2, -0.15) is 0 Å². The van der Waals surface area contributed by atoms with Crippen LogP contribution >= 0.6 is 0 Å². The summed E-state index contributed by atoms with van der Waals surface area (Å²) in [5, 5.41) is 8.73. The lowest BCUT2D eigenvalue weighted by Crippen LogP contribution is -2.49. The van der Waals surface area contributed by atoms with Gasteiger partial charge in [-0.25, -0.2) is 4.39 Å². The van der Waals surface area contributed by atoms with Gasteiger partial charge in [0.2, 0.25) is 0 Å². The molecule has 1 N–H and O–H groups in total. The molecule has 4 heteroatoms. The second kappa shape index (κ2) is 4.22. The Labute approximate surface area is 93.5 Å². The maximum Gasteiger partial charge on any atom is 0.309 e. The van der Waals surface area contributed by atoms with Gasteiger partial charge in [-0.15, -0.1) is 0 Å². The molecular weight excluding hydrogens is 209 g/mol. The van der Waals surface area contributed by atoms with Gasteiger partial charge in [0, 0.05) is 19.6 Å². The number of hydrogen-bond acceptors (Lipinski definition) is 2. The number of rotatable bonds is 3. The lowest BCUT2D eigenvalue weighted by molar-refractivity contribution is -0.147. The molecule has 16 heavy (non-hydrogen) atoms. The summed E-state index contributed by atoms with van der Waals surface area (Å²) < 4.78 is 12.9. The fourth-order valence-corrected chi connectivity index (χ4v) is 1.93. The van der Waals surface area contributed by atoms with E-state index in [1.165, 1.54) is 12.1 Å². The number of halogens is 1. The van der Waals surface area contributed by atoms with Crippen LogP contribution in [0.3, 0.4) is 0 Å². The highest BCUT2D eigenvalue weighted by atomic mass is 19.1. The minimum atomic E-state index is -0.730. The Bertz CT molecular complexity index is 413. The minimum absolute atomic E-state index is 0.228. The monoisotopic (exact) mass is 223 g/mol. The number of aliphatic carboxylic acids is 1. The van der Waals surface area contributed by atoms with Crippen molar-refractivity contribution in [1.29, 1.82) is 0 Å². The number of carboxylic acid groups (broad SMARTS) is 1. The molecule has 1 saturated heterocycles. The first-order valence-corrected chi connectivity index (χ1v) is 5.26. The largest absolute Gasteiger partial charge is 0.481 e. The molecule has 0 radical (unpaired) electrons. The molecule has 0 amide bonds. The van der Waals surface area contributed by atoms with Gasteiger partial charge in [0.25, 0.3) is 0 Å². The van der Waals surface area contributed by atoms with Crippen molar-refractivity contribution in [2.24, 2.45) is 5.92 Å². The molecule has 1 aliphatic heterocycles. The van der Waals surface area contributed by atoms with Crippen LogP contribution in [0.5, 0.6) is 0 Å². The van der Waals surface area contributed by atoms with Crippen LogP contribution < -0.4 is 0 Å². The molecule has 0 atom stereocenters. The third kappa shape index (κ3) is 2.22. The Morgan fingerprint density at radius 1 is 1.56 bits per heavy atom. The molecule has 0 bridgehead atoms. The van der Waals surface area contributed by atoms with Crippen LogP contribution in [0.4, 0.5) is 4.39 Å². The third-order valence-corrected chi connectivity index (χ3v) is 3.01. The number of carboxylic acids is 1. The molecule has 1 aromatic rings. The molecule has 86 valence electrons. The zero-order chi connectivity index (χ0) is 11.7. The van der Waals surface area contributed by atoms with Crippen molar-refractivity contribution < 1.29 is 14.3 Å². The average Bonchev–Trinajstić information content (AvgIpc) is 2.12. The molecule has 0 saturated carbocycles. The zero-order valence-electron chi connectivity index (χ0n) is 9.11. The Morgan fingerprint density at radius 2 is 2.25 bits per heavy atom. The summed E-state index contributed by atoms with van der Waals surface area (Å²) in [5.41, 5.74) is 1.98. The lowest BCUT2D eigenvalue weighted by atomic mass is 9.98. The van der Waals surface area contributed by atoms with E-state index in [4.69, 9.17) is 5.11 Å². The van der Waals surface area contributed by atoms with Crippen molar-refractivity contribution >= 4 is 5.97 Å². The third-order valence-electron chi connectivity index (χ3n) is 3.01. The molecule has 2 rings (SSSR count). The first-order valence-electron chi connectivity index (χ1n) is 5.26. The number of benzene rings is 1. The van der Waals surface area contributed by atoms with Gasteiger partial charge in [-0.05, 0) is 30.2 Å². The molecule has 1 aromatic carbocycles. The number of aryl methyl sites for hydroxylation is 1. The van der Waals surface area contributed by atoms with E-state index >= 15 is 0 Å². The second-order valence-electron chi connectivity index (χ2n) is 4.30. The van der Waals surface area contributed by atoms with Crippen LogP contribution in [0, 0.1) is 18.7 Å². The summed E-state index contributed by atoms with van der Waals surface area (Å²) in [6.07, 6.45) is 0. The quantitative estimate of drug-likeness (QED) is 0.847. The maximum absolute atomic E-state index is 12.9. The van der Waals surface area contributed by atoms with E-state index in [1.54, 1.807) is 6.07 Å². The molecule has 0 spiro atoms. The molecular formula is C12H14FNO2. The molecule has 1 aliphatic rings. The first kappa shape index (κ1) is 11.1. The van der Waals surface area contributed by atoms with Crippen molar-refractivity contribution in [1.82, 2.24) is 4.90 Å². The molecule has 0 aliphatic carbocycles. The number of carbonyl (C=O) groups is 1. The fraction of sp³-hybridized carbons (Fsp3) is 0.417. The predicted octanol–water partition coefficient (Wildman–Crippen LogP) is 1.65. The van der Waals surface area contributed by atoms with Crippen molar-refractivity contribution in [3.05, 3.63) is 35.1 Å². The van der Waals surface area contributed by atoms with Gasteiger partial charge in [-0.3, -0.25) is 9.69 Å². The van der Waals surface area contributed by atoms with E-state index in [0.29, 0.717) is 19.6 Å². The summed E-state index contributed by atoms with van der Waals surface area (Å²) in [5.74, 6) is -1.19. The van der Waals surface area contributed by atoms with Crippen molar-refractivity contribution in [2.45, 2.75) is 13.5 Å². The van der Waals surface area contributed by atoms with E-state index in [2.05, 4.69) is 4.90 Å². The van der Waals surface area contributed by atoms with Gasteiger partial charge in [0.05, 0.1) is 5.92 Å². The van der Waals surface area contributed by atoms with E-state index in [1.807, 2.05) is 6.92 Å². The van der Waals surface area contributed by atoms with E-state index in [0.717, 1.165) is 11.1 Å². The molecule has 1 heterocycles. The molecule has 0 unspecified atom stereocenters. The Morgan fingerprint density at radius 3 is 2.81 bits per heavy atom. The maximum atomic E-state index is 12.9. The summed E-state index contributed by atoms with van der Waals surface area (Å²) in [7, 11) is 0. The Hall–Kier alpha value is -1.42. The summed E-state index contributed by atoms with van der Waals surface area (Å²) in [4.78, 5) is 12.7. The summed E-state index contributed by atoms with van der Waals surface area (Å²) >= 11 is 0. The van der Waals surface area contributed by atoms with Gasteiger partial charge < -0.3 is 5.11 Å². The minimum Gasteiger partial charge on any atom is -0.481 e. The van der Waals surface area contributed by atoms with Crippen molar-refractivity contribution in [3.63, 3.8) is 0 Å². The lowest BCUT2D eigenvalue weighted by Gasteiger charge is -2.36. The Kier molecular flexibility index (Phi) is 2.92. The van der Waals surface area contributed by atoms with Gasteiger partial charge in [0.1, 0.15) is 5.82 Å². The highest BCUT2D eigenvalue weighted by molar-refractivity contribution is 5.71. The van der Waals surface area contributed by atoms with E-state index in [9.17, 15) is 9.18 Å². The smallest absolute Gasteiger partial charge is 0.309 e. The van der Waals surface area contributed by atoms with Gasteiger partial charge >= 0.3 is 5.97 Å². The number of likely N-dealkylation sites (tertiary alicyclic amines) is 1. The highest BCUT2D eigenvalue weighted by Crippen LogP contribution is 2.20. The average molecular weight is 223 g/mol. The SMILES string of the molecule is Cc1cc(F)ccc1CN1CC(C(=O)O)C1. The normalized spacial score (nSPS) is 17.1. The van der Waals surface area contributed by atoms with E-state index < -0.39 is 5.97 Å². The fourth-order valence-electron chi connectivity index (χ4n) is 1.93. The van der Waals surface area contributed by atoms with Crippen LogP contribution in [0.2, 0.25) is 0 Å². The molecule has 3 nitrogen and oxygen atoms in total. The van der Waals surface area contributed by atoms with Crippen LogP contribution in [0.1, 0.15) is 11.1 Å². The summed E-state index contributed by atoms with van der Waals surface area (Å²) in [6.45, 7) is 3.75. The van der Waals surface area contributed by atoms with Gasteiger partial charge in [-0.1, -0.05) is 6.07 Å². The number of nitrogens with zero attached hydrogens (tertiary/aromatic N) is 1. The van der Waals surface area contributed by atoms with Crippen LogP contribution in [-0.2, 0) is 11.3 Å². The van der Waals surface area contributed by atoms with Crippen LogP contribution in [0.15, 0.2) is 18.2 Å². The summed E-state index contributed by atoms with van der Waals surface area (Å²) in [6, 6.07) is 4.71. The molecule has 0 aromatic heterocycles. The Balaban J connectivity index is 1.94. The van der Waals surface area contributed by atoms with Crippen LogP contribution in [-0.4, -0.2) is 29.1 Å². The van der Waals surface area contributed by atoms with Crippen molar-refractivity contribution in [3.8, 4) is 0 Å². The first-order chi connectivity index (χ1) is 7.56. The van der Waals surface area contributed by atoms with Gasteiger partial charge in [0.15, 0.2) is 0 Å². The van der Waals surface area contributed by atoms with E-state index in [-0.39, 0.29) is 11.7 Å². The number of hydrogen-bond donors (Lipinski definition) is 1. The zero-order valence-corrected chi connectivity index (χ0v) is 9.11. The van der Waals surface area contributed by atoms with Crippen molar-refractivity contribution in [2.75, 3.05) is 13.1 Å². The second-order valence-corrected chi connectivity index (χ2v) is 4.30. The standard InChI is InChI=1S/C12H14FNO2/c1-8-4-11(13)3-2-9(8)5-14-6-10(7-14)12(15)16/h2-4,10H,5-7H2,1H3,(H,15,16).